The Morgan fingerprint density at radius 2 is 1.41 bits per heavy atom. The molecule has 0 aromatic rings. The summed E-state index contributed by atoms with van der Waals surface area (Å²) < 4.78 is 35.6. The van der Waals surface area contributed by atoms with Crippen LogP contribution in [-0.2, 0) is 14.8 Å². The molecule has 6 heteroatoms. The topological polar surface area (TPSA) is 49.9 Å². The Balaban J connectivity index is 1.28. The maximum absolute atomic E-state index is 13.9. The second-order valence-electron chi connectivity index (χ2n) is 14.2. The van der Waals surface area contributed by atoms with Crippen molar-refractivity contribution < 1.29 is 13.2 Å². The molecule has 2 aliphatic heterocycles. The molecule has 5 fully saturated rings. The van der Waals surface area contributed by atoms with Gasteiger partial charge in [-0.2, -0.15) is 0 Å². The minimum Gasteiger partial charge on any atom is -0.383 e. The van der Waals surface area contributed by atoms with Gasteiger partial charge in [-0.05, 0) is 119 Å². The van der Waals surface area contributed by atoms with Crippen LogP contribution in [0.25, 0.3) is 0 Å². The lowest BCUT2D eigenvalue weighted by molar-refractivity contribution is -0.128. The van der Waals surface area contributed by atoms with E-state index in [1.807, 2.05) is 11.4 Å². The second kappa shape index (κ2) is 12.1. The molecule has 2 heterocycles. The summed E-state index contributed by atoms with van der Waals surface area (Å²) in [6, 6.07) is 0.855. The quantitative estimate of drug-likeness (QED) is 0.406. The van der Waals surface area contributed by atoms with Gasteiger partial charge in [-0.15, -0.1) is 0 Å². The van der Waals surface area contributed by atoms with Crippen molar-refractivity contribution in [2.45, 2.75) is 122 Å². The Labute approximate surface area is 228 Å². The summed E-state index contributed by atoms with van der Waals surface area (Å²) in [6.45, 7) is 10.5. The maximum atomic E-state index is 13.9. The number of hydrogen-bond donors (Lipinski definition) is 0. The summed E-state index contributed by atoms with van der Waals surface area (Å²) in [4.78, 5) is 2.65. The molecule has 3 aliphatic carbocycles. The number of methoxy groups -OCH3 is 1. The Morgan fingerprint density at radius 1 is 0.757 bits per heavy atom. The predicted molar refractivity (Wildman–Crippen MR) is 152 cm³/mol. The third-order valence-corrected chi connectivity index (χ3v) is 14.1. The molecule has 5 unspecified atom stereocenters. The van der Waals surface area contributed by atoms with Gasteiger partial charge in [-0.1, -0.05) is 33.6 Å². The molecule has 214 valence electrons. The summed E-state index contributed by atoms with van der Waals surface area (Å²) in [5.74, 6) is 5.25. The molecule has 0 radical (unpaired) electrons. The van der Waals surface area contributed by atoms with E-state index in [1.54, 1.807) is 0 Å². The summed E-state index contributed by atoms with van der Waals surface area (Å²) in [7, 11) is -1.39. The van der Waals surface area contributed by atoms with Gasteiger partial charge in [-0.3, -0.25) is 4.90 Å². The van der Waals surface area contributed by atoms with Gasteiger partial charge in [0.15, 0.2) is 0 Å². The highest BCUT2D eigenvalue weighted by Gasteiger charge is 2.53. The van der Waals surface area contributed by atoms with E-state index in [0.29, 0.717) is 30.5 Å². The smallest absolute Gasteiger partial charge is 0.217 e. The Kier molecular flexibility index (Phi) is 9.31. The van der Waals surface area contributed by atoms with E-state index < -0.39 is 10.0 Å². The van der Waals surface area contributed by atoms with Crippen LogP contribution in [-0.4, -0.2) is 68.3 Å². The number of rotatable bonds is 6. The lowest BCUT2D eigenvalue weighted by atomic mass is 9.61. The van der Waals surface area contributed by atoms with Gasteiger partial charge in [0.2, 0.25) is 10.0 Å². The first-order valence-electron chi connectivity index (χ1n) is 16.0. The Morgan fingerprint density at radius 3 is 2.08 bits per heavy atom. The fraction of sp³-hybridized carbons (Fsp3) is 1.00. The van der Waals surface area contributed by atoms with Crippen LogP contribution in [0, 0.1) is 41.4 Å². The highest BCUT2D eigenvalue weighted by molar-refractivity contribution is 7.89. The first kappa shape index (κ1) is 28.4. The third-order valence-electron chi connectivity index (χ3n) is 11.6. The van der Waals surface area contributed by atoms with E-state index >= 15 is 0 Å². The number of ether oxygens (including phenoxy) is 1. The van der Waals surface area contributed by atoms with Gasteiger partial charge in [0.25, 0.3) is 0 Å². The SMILES string of the molecule is COC[C@@H]1[C@@H](C2CCC(C3CC(C)CC(C)C3)CC2)C2CN(S(=O)(=O)C3CCCCC3C)CCCCN21. The van der Waals surface area contributed by atoms with E-state index in [-0.39, 0.29) is 5.25 Å². The van der Waals surface area contributed by atoms with Crippen LogP contribution >= 0.6 is 0 Å². The monoisotopic (exact) mass is 536 g/mol. The molecular weight excluding hydrogens is 480 g/mol. The van der Waals surface area contributed by atoms with E-state index in [0.717, 1.165) is 81.4 Å². The minimum absolute atomic E-state index is 0.168. The van der Waals surface area contributed by atoms with Gasteiger partial charge >= 0.3 is 0 Å². The largest absolute Gasteiger partial charge is 0.383 e. The normalized spacial score (nSPS) is 44.9. The molecule has 5 nitrogen and oxygen atoms in total. The molecule has 7 atom stereocenters. The van der Waals surface area contributed by atoms with Crippen LogP contribution in [0.2, 0.25) is 0 Å². The summed E-state index contributed by atoms with van der Waals surface area (Å²) in [5, 5.41) is -0.168. The first-order valence-corrected chi connectivity index (χ1v) is 17.5. The summed E-state index contributed by atoms with van der Waals surface area (Å²) in [5.41, 5.74) is 0. The standard InChI is InChI=1S/C31H56N2O3S/c1-22-17-23(2)19-27(18-22)25-11-13-26(14-12-25)31-28-20-32(15-7-8-16-33(28)29(31)21-36-4)37(34,35)30-10-6-5-9-24(30)3/h22-31H,5-21H2,1-4H3/t22?,23?,24?,25?,26?,27?,28?,29-,30?,31+/m1/s1. The highest BCUT2D eigenvalue weighted by Crippen LogP contribution is 2.49. The van der Waals surface area contributed by atoms with Crippen LogP contribution in [0.15, 0.2) is 0 Å². The third kappa shape index (κ3) is 5.98. The lowest BCUT2D eigenvalue weighted by Gasteiger charge is -2.60. The molecular formula is C31H56N2O3S. The molecule has 2 saturated heterocycles. The van der Waals surface area contributed by atoms with E-state index in [9.17, 15) is 8.42 Å². The van der Waals surface area contributed by atoms with Crippen molar-refractivity contribution >= 4 is 10.0 Å². The van der Waals surface area contributed by atoms with Crippen molar-refractivity contribution in [2.24, 2.45) is 41.4 Å². The van der Waals surface area contributed by atoms with Crippen molar-refractivity contribution in [3.05, 3.63) is 0 Å². The van der Waals surface area contributed by atoms with Crippen molar-refractivity contribution in [1.82, 2.24) is 9.21 Å². The fourth-order valence-electron chi connectivity index (χ4n) is 9.83. The van der Waals surface area contributed by atoms with Crippen molar-refractivity contribution in [3.63, 3.8) is 0 Å². The first-order chi connectivity index (χ1) is 17.8. The number of hydrogen-bond acceptors (Lipinski definition) is 4. The van der Waals surface area contributed by atoms with Gasteiger partial charge in [0.05, 0.1) is 11.9 Å². The van der Waals surface area contributed by atoms with Crippen LogP contribution in [0.5, 0.6) is 0 Å². The number of sulfonamides is 1. The minimum atomic E-state index is -3.24. The molecule has 5 rings (SSSR count). The Bertz CT molecular complexity index is 831. The van der Waals surface area contributed by atoms with Gasteiger partial charge in [-0.25, -0.2) is 12.7 Å². The Hall–Kier alpha value is -0.170. The molecule has 0 aromatic heterocycles. The molecule has 0 aromatic carbocycles. The second-order valence-corrected chi connectivity index (χ2v) is 16.3. The predicted octanol–water partition coefficient (Wildman–Crippen LogP) is 6.18. The van der Waals surface area contributed by atoms with Gasteiger partial charge < -0.3 is 4.74 Å². The zero-order valence-electron chi connectivity index (χ0n) is 24.3. The number of nitrogens with zero attached hydrogens (tertiary/aromatic N) is 2. The van der Waals surface area contributed by atoms with E-state index in [1.165, 1.54) is 51.4 Å². The zero-order valence-corrected chi connectivity index (χ0v) is 25.1. The van der Waals surface area contributed by atoms with E-state index in [4.69, 9.17) is 4.74 Å². The van der Waals surface area contributed by atoms with Crippen molar-refractivity contribution in [3.8, 4) is 0 Å². The van der Waals surface area contributed by atoms with Gasteiger partial charge in [0, 0.05) is 32.3 Å². The van der Waals surface area contributed by atoms with Gasteiger partial charge in [0.1, 0.15) is 0 Å². The molecule has 0 spiro atoms. The lowest BCUT2D eigenvalue weighted by Crippen LogP contribution is -2.71. The van der Waals surface area contributed by atoms with Crippen LogP contribution < -0.4 is 0 Å². The molecule has 5 aliphatic rings. The molecule has 3 saturated carbocycles. The average Bonchev–Trinajstić information content (AvgIpc) is 2.85. The maximum Gasteiger partial charge on any atom is 0.217 e. The summed E-state index contributed by atoms with van der Waals surface area (Å²) in [6.07, 6.45) is 16.0. The van der Waals surface area contributed by atoms with Crippen molar-refractivity contribution in [1.29, 1.82) is 0 Å². The van der Waals surface area contributed by atoms with Crippen LogP contribution in [0.4, 0.5) is 0 Å². The van der Waals surface area contributed by atoms with Crippen LogP contribution in [0.3, 0.4) is 0 Å². The zero-order chi connectivity index (χ0) is 26.2. The van der Waals surface area contributed by atoms with E-state index in [2.05, 4.69) is 25.7 Å². The molecule has 0 bridgehead atoms. The van der Waals surface area contributed by atoms with Crippen LogP contribution in [0.1, 0.15) is 104 Å². The summed E-state index contributed by atoms with van der Waals surface area (Å²) >= 11 is 0. The average molecular weight is 537 g/mol. The number of fused-ring (bicyclic) bond motifs is 1. The van der Waals surface area contributed by atoms with Crippen molar-refractivity contribution in [2.75, 3.05) is 33.4 Å². The molecule has 37 heavy (non-hydrogen) atoms. The fourth-order valence-corrected chi connectivity index (χ4v) is 12.1. The molecule has 0 N–H and O–H groups in total. The molecule has 0 amide bonds. The highest BCUT2D eigenvalue weighted by atomic mass is 32.2.